The van der Waals surface area contributed by atoms with Crippen LogP contribution in [-0.2, 0) is 4.79 Å². The van der Waals surface area contributed by atoms with Crippen LogP contribution in [0.5, 0.6) is 0 Å². The van der Waals surface area contributed by atoms with E-state index < -0.39 is 0 Å². The SMILES string of the molecule is CC=CC(=O)Nc1c(C)cc(Cl)cc1-c1nc(-c2ccccn2)no1. The Morgan fingerprint density at radius 1 is 1.32 bits per heavy atom. The van der Waals surface area contributed by atoms with Gasteiger partial charge >= 0.3 is 0 Å². The Labute approximate surface area is 149 Å². The van der Waals surface area contributed by atoms with E-state index in [9.17, 15) is 4.79 Å². The number of carbonyl (C=O) groups is 1. The van der Waals surface area contributed by atoms with Crippen LogP contribution in [0.4, 0.5) is 5.69 Å². The molecule has 3 rings (SSSR count). The van der Waals surface area contributed by atoms with Crippen molar-refractivity contribution in [1.82, 2.24) is 15.1 Å². The Morgan fingerprint density at radius 2 is 2.16 bits per heavy atom. The second-order valence-electron chi connectivity index (χ2n) is 5.27. The lowest BCUT2D eigenvalue weighted by Crippen LogP contribution is -2.10. The maximum absolute atomic E-state index is 12.0. The summed E-state index contributed by atoms with van der Waals surface area (Å²) in [4.78, 5) is 20.5. The molecule has 0 aliphatic rings. The molecular weight excluding hydrogens is 340 g/mol. The van der Waals surface area contributed by atoms with Crippen molar-refractivity contribution in [3.05, 3.63) is 59.3 Å². The molecule has 1 aromatic carbocycles. The van der Waals surface area contributed by atoms with E-state index in [1.807, 2.05) is 13.0 Å². The minimum Gasteiger partial charge on any atom is -0.333 e. The van der Waals surface area contributed by atoms with Gasteiger partial charge in [-0.2, -0.15) is 4.98 Å². The van der Waals surface area contributed by atoms with Crippen LogP contribution in [-0.4, -0.2) is 21.0 Å². The third kappa shape index (κ3) is 3.75. The fraction of sp³-hybridized carbons (Fsp3) is 0.111. The van der Waals surface area contributed by atoms with Gasteiger partial charge in [0.1, 0.15) is 5.69 Å². The zero-order chi connectivity index (χ0) is 17.8. The van der Waals surface area contributed by atoms with Gasteiger partial charge in [-0.15, -0.1) is 0 Å². The third-order valence-corrected chi connectivity index (χ3v) is 3.64. The number of nitrogens with zero attached hydrogens (tertiary/aromatic N) is 3. The predicted octanol–water partition coefficient (Wildman–Crippen LogP) is 4.28. The summed E-state index contributed by atoms with van der Waals surface area (Å²) in [5.74, 6) is 0.361. The topological polar surface area (TPSA) is 80.9 Å². The molecule has 1 amide bonds. The van der Waals surface area contributed by atoms with Crippen molar-refractivity contribution in [1.29, 1.82) is 0 Å². The first-order valence-electron chi connectivity index (χ1n) is 7.58. The molecule has 25 heavy (non-hydrogen) atoms. The molecule has 0 radical (unpaired) electrons. The van der Waals surface area contributed by atoms with Gasteiger partial charge in [-0.25, -0.2) is 0 Å². The smallest absolute Gasteiger partial charge is 0.260 e. The third-order valence-electron chi connectivity index (χ3n) is 3.42. The van der Waals surface area contributed by atoms with Crippen molar-refractivity contribution in [2.75, 3.05) is 5.32 Å². The van der Waals surface area contributed by atoms with Crippen molar-refractivity contribution >= 4 is 23.2 Å². The number of pyridine rings is 1. The Balaban J connectivity index is 2.05. The average Bonchev–Trinajstić information content (AvgIpc) is 3.08. The molecule has 2 heterocycles. The van der Waals surface area contributed by atoms with Gasteiger partial charge in [-0.3, -0.25) is 9.78 Å². The van der Waals surface area contributed by atoms with Crippen LogP contribution in [0.1, 0.15) is 12.5 Å². The number of benzene rings is 1. The quantitative estimate of drug-likeness (QED) is 0.707. The number of hydrogen-bond acceptors (Lipinski definition) is 5. The first-order valence-corrected chi connectivity index (χ1v) is 7.95. The van der Waals surface area contributed by atoms with Crippen LogP contribution in [0.3, 0.4) is 0 Å². The lowest BCUT2D eigenvalue weighted by Gasteiger charge is -2.11. The molecular formula is C18H15ClN4O2. The number of amides is 1. The summed E-state index contributed by atoms with van der Waals surface area (Å²) in [5.41, 5.74) is 2.51. The van der Waals surface area contributed by atoms with Crippen molar-refractivity contribution < 1.29 is 9.32 Å². The normalized spacial score (nSPS) is 11.0. The van der Waals surface area contributed by atoms with Crippen LogP contribution >= 0.6 is 11.6 Å². The van der Waals surface area contributed by atoms with Crippen molar-refractivity contribution in [2.45, 2.75) is 13.8 Å². The number of rotatable bonds is 4. The Hall–Kier alpha value is -2.99. The van der Waals surface area contributed by atoms with Gasteiger partial charge in [0.25, 0.3) is 5.89 Å². The molecule has 1 N–H and O–H groups in total. The molecule has 0 saturated heterocycles. The first-order chi connectivity index (χ1) is 12.1. The van der Waals surface area contributed by atoms with Gasteiger partial charge in [-0.1, -0.05) is 28.9 Å². The molecule has 0 saturated carbocycles. The molecule has 0 aliphatic carbocycles. The number of allylic oxidation sites excluding steroid dienone is 1. The van der Waals surface area contributed by atoms with E-state index in [1.54, 1.807) is 43.5 Å². The number of carbonyl (C=O) groups excluding carboxylic acids is 1. The van der Waals surface area contributed by atoms with E-state index in [4.69, 9.17) is 16.1 Å². The second kappa shape index (κ2) is 7.27. The number of hydrogen-bond donors (Lipinski definition) is 1. The molecule has 126 valence electrons. The lowest BCUT2D eigenvalue weighted by molar-refractivity contribution is -0.111. The fourth-order valence-corrected chi connectivity index (χ4v) is 2.60. The molecule has 0 unspecified atom stereocenters. The van der Waals surface area contributed by atoms with Crippen molar-refractivity contribution in [3.63, 3.8) is 0 Å². The van der Waals surface area contributed by atoms with Gasteiger partial charge in [0, 0.05) is 11.2 Å². The Bertz CT molecular complexity index is 936. The Morgan fingerprint density at radius 3 is 2.88 bits per heavy atom. The van der Waals surface area contributed by atoms with Gasteiger partial charge in [-0.05, 0) is 49.8 Å². The number of anilines is 1. The van der Waals surface area contributed by atoms with Crippen LogP contribution < -0.4 is 5.32 Å². The van der Waals surface area contributed by atoms with Crippen molar-refractivity contribution in [3.8, 4) is 23.0 Å². The fourth-order valence-electron chi connectivity index (χ4n) is 2.33. The summed E-state index contributed by atoms with van der Waals surface area (Å²) in [6.45, 7) is 3.61. The van der Waals surface area contributed by atoms with Crippen LogP contribution in [0.2, 0.25) is 5.02 Å². The number of aromatic nitrogens is 3. The molecule has 3 aromatic rings. The van der Waals surface area contributed by atoms with E-state index in [2.05, 4.69) is 20.4 Å². The highest BCUT2D eigenvalue weighted by Gasteiger charge is 2.18. The van der Waals surface area contributed by atoms with E-state index in [-0.39, 0.29) is 11.8 Å². The predicted molar refractivity (Wildman–Crippen MR) is 96.2 cm³/mol. The largest absolute Gasteiger partial charge is 0.333 e. The number of nitrogens with one attached hydrogen (secondary N) is 1. The molecule has 0 atom stereocenters. The summed E-state index contributed by atoms with van der Waals surface area (Å²) in [7, 11) is 0. The van der Waals surface area contributed by atoms with Crippen LogP contribution in [0.15, 0.2) is 53.2 Å². The molecule has 0 bridgehead atoms. The van der Waals surface area contributed by atoms with Gasteiger partial charge in [0.05, 0.1) is 11.3 Å². The highest BCUT2D eigenvalue weighted by molar-refractivity contribution is 6.31. The average molecular weight is 355 g/mol. The Kier molecular flexibility index (Phi) is 4.90. The zero-order valence-electron chi connectivity index (χ0n) is 13.7. The van der Waals surface area contributed by atoms with E-state index in [1.165, 1.54) is 6.08 Å². The molecule has 6 nitrogen and oxygen atoms in total. The number of halogens is 1. The first kappa shape index (κ1) is 16.9. The lowest BCUT2D eigenvalue weighted by atomic mass is 10.1. The van der Waals surface area contributed by atoms with Crippen LogP contribution in [0.25, 0.3) is 23.0 Å². The molecule has 0 aliphatic heterocycles. The maximum atomic E-state index is 12.0. The van der Waals surface area contributed by atoms with Crippen LogP contribution in [0, 0.1) is 6.92 Å². The minimum atomic E-state index is -0.251. The maximum Gasteiger partial charge on any atom is 0.260 e. The van der Waals surface area contributed by atoms with Gasteiger partial charge < -0.3 is 9.84 Å². The highest BCUT2D eigenvalue weighted by atomic mass is 35.5. The summed E-state index contributed by atoms with van der Waals surface area (Å²) < 4.78 is 5.37. The summed E-state index contributed by atoms with van der Waals surface area (Å²) >= 11 is 6.16. The summed E-state index contributed by atoms with van der Waals surface area (Å²) in [5, 5.41) is 7.30. The molecule has 0 fully saturated rings. The van der Waals surface area contributed by atoms with Gasteiger partial charge in [0.15, 0.2) is 0 Å². The summed E-state index contributed by atoms with van der Waals surface area (Å²) in [6.07, 6.45) is 4.74. The molecule has 0 spiro atoms. The van der Waals surface area contributed by atoms with E-state index in [0.717, 1.165) is 5.56 Å². The van der Waals surface area contributed by atoms with E-state index >= 15 is 0 Å². The van der Waals surface area contributed by atoms with E-state index in [0.29, 0.717) is 27.8 Å². The molecule has 7 heteroatoms. The monoisotopic (exact) mass is 354 g/mol. The minimum absolute atomic E-state index is 0.251. The zero-order valence-corrected chi connectivity index (χ0v) is 14.4. The highest BCUT2D eigenvalue weighted by Crippen LogP contribution is 2.34. The summed E-state index contributed by atoms with van der Waals surface area (Å²) in [6, 6.07) is 8.86. The van der Waals surface area contributed by atoms with Gasteiger partial charge in [0.2, 0.25) is 11.7 Å². The van der Waals surface area contributed by atoms with Crippen molar-refractivity contribution in [2.24, 2.45) is 0 Å². The second-order valence-corrected chi connectivity index (χ2v) is 5.71. The number of aryl methyl sites for hydroxylation is 1. The molecule has 2 aromatic heterocycles. The standard InChI is InChI=1S/C18H15ClN4O2/c1-3-6-15(24)21-16-11(2)9-12(19)10-13(16)18-22-17(23-25-18)14-7-4-5-8-20-14/h3-10H,1-2H3,(H,21,24).